The summed E-state index contributed by atoms with van der Waals surface area (Å²) in [6.45, 7) is 1.71. The van der Waals surface area contributed by atoms with E-state index < -0.39 is 0 Å². The number of hydrogen-bond donors (Lipinski definition) is 2. The fourth-order valence-corrected chi connectivity index (χ4v) is 4.46. The molecule has 2 amide bonds. The van der Waals surface area contributed by atoms with E-state index >= 15 is 0 Å². The number of furan rings is 1. The van der Waals surface area contributed by atoms with Crippen molar-refractivity contribution in [2.45, 2.75) is 13.3 Å². The number of rotatable bonds is 8. The highest BCUT2D eigenvalue weighted by Gasteiger charge is 2.15. The number of nitrogens with one attached hydrogen (secondary N) is 2. The molecule has 3 aromatic heterocycles. The molecule has 0 aliphatic rings. The number of nitrogens with zero attached hydrogens (tertiary/aromatic N) is 2. The molecule has 9 nitrogen and oxygen atoms in total. The molecule has 0 saturated heterocycles. The molecule has 3 heterocycles. The molecular formula is C22H20N4O5S2. The van der Waals surface area contributed by atoms with Crippen LogP contribution < -0.4 is 20.1 Å². The van der Waals surface area contributed by atoms with Crippen LogP contribution in [0.2, 0.25) is 0 Å². The fourth-order valence-electron chi connectivity index (χ4n) is 3.02. The number of benzene rings is 1. The van der Waals surface area contributed by atoms with Crippen molar-refractivity contribution in [1.82, 2.24) is 9.97 Å². The third-order valence-corrected chi connectivity index (χ3v) is 6.21. The molecule has 2 N–H and O–H groups in total. The normalized spacial score (nSPS) is 10.6. The average Bonchev–Trinajstić information content (AvgIpc) is 3.55. The summed E-state index contributed by atoms with van der Waals surface area (Å²) in [6.07, 6.45) is 1.51. The standard InChI is InChI=1S/C22H20N4O5S2/c1-12-15(6-7-31-12)20(28)26-21-23-14(10-32-21)9-19(27)25-22-24-16(11-33-22)13-4-5-17(29-2)18(8-13)30-3/h4-8,10-11H,9H2,1-3H3,(H,23,26,28)(H,24,25,27). The van der Waals surface area contributed by atoms with Crippen molar-refractivity contribution < 1.29 is 23.5 Å². The Hall–Kier alpha value is -3.70. The van der Waals surface area contributed by atoms with E-state index in [9.17, 15) is 9.59 Å². The molecule has 11 heteroatoms. The number of carbonyl (C=O) groups excluding carboxylic acids is 2. The van der Waals surface area contributed by atoms with Gasteiger partial charge in [0.25, 0.3) is 5.91 Å². The van der Waals surface area contributed by atoms with Crippen LogP contribution in [0.1, 0.15) is 21.8 Å². The number of aryl methyl sites for hydroxylation is 1. The highest BCUT2D eigenvalue weighted by molar-refractivity contribution is 7.14. The Morgan fingerprint density at radius 3 is 2.48 bits per heavy atom. The summed E-state index contributed by atoms with van der Waals surface area (Å²) in [7, 11) is 3.15. The van der Waals surface area contributed by atoms with Crippen LogP contribution in [0.5, 0.6) is 11.5 Å². The number of aromatic nitrogens is 2. The van der Waals surface area contributed by atoms with E-state index in [1.54, 1.807) is 38.7 Å². The first-order chi connectivity index (χ1) is 16.0. The van der Waals surface area contributed by atoms with Gasteiger partial charge >= 0.3 is 0 Å². The SMILES string of the molecule is COc1ccc(-c2csc(NC(=O)Cc3csc(NC(=O)c4ccoc4C)n3)n2)cc1OC. The number of carbonyl (C=O) groups is 2. The fraction of sp³-hybridized carbons (Fsp3) is 0.182. The van der Waals surface area contributed by atoms with Gasteiger partial charge < -0.3 is 19.2 Å². The zero-order chi connectivity index (χ0) is 23.4. The molecule has 0 radical (unpaired) electrons. The quantitative estimate of drug-likeness (QED) is 0.375. The molecule has 0 aliphatic heterocycles. The number of amides is 2. The van der Waals surface area contributed by atoms with Gasteiger partial charge in [-0.25, -0.2) is 9.97 Å². The first-order valence-electron chi connectivity index (χ1n) is 9.74. The number of ether oxygens (including phenoxy) is 2. The molecule has 0 saturated carbocycles. The summed E-state index contributed by atoms with van der Waals surface area (Å²) in [4.78, 5) is 33.5. The molecule has 0 fully saturated rings. The van der Waals surface area contributed by atoms with Gasteiger partial charge in [-0.05, 0) is 31.2 Å². The second-order valence-corrected chi connectivity index (χ2v) is 8.54. The van der Waals surface area contributed by atoms with Gasteiger partial charge in [0, 0.05) is 16.3 Å². The van der Waals surface area contributed by atoms with E-state index in [4.69, 9.17) is 13.9 Å². The Kier molecular flexibility index (Phi) is 6.71. The van der Waals surface area contributed by atoms with Crippen LogP contribution in [-0.2, 0) is 11.2 Å². The Balaban J connectivity index is 1.36. The summed E-state index contributed by atoms with van der Waals surface area (Å²) in [5.74, 6) is 1.19. The summed E-state index contributed by atoms with van der Waals surface area (Å²) < 4.78 is 15.7. The Bertz CT molecular complexity index is 1290. The van der Waals surface area contributed by atoms with Crippen LogP contribution >= 0.6 is 22.7 Å². The van der Waals surface area contributed by atoms with Crippen LogP contribution in [0.15, 0.2) is 45.7 Å². The van der Waals surface area contributed by atoms with Gasteiger partial charge in [-0.1, -0.05) is 0 Å². The minimum atomic E-state index is -0.308. The monoisotopic (exact) mass is 484 g/mol. The van der Waals surface area contributed by atoms with Crippen LogP contribution in [0.25, 0.3) is 11.3 Å². The zero-order valence-corrected chi connectivity index (χ0v) is 19.6. The van der Waals surface area contributed by atoms with E-state index in [2.05, 4.69) is 20.6 Å². The molecular weight excluding hydrogens is 464 g/mol. The molecule has 0 unspecified atom stereocenters. The lowest BCUT2D eigenvalue weighted by Crippen LogP contribution is -2.15. The molecule has 0 spiro atoms. The van der Waals surface area contributed by atoms with Gasteiger partial charge in [0.2, 0.25) is 5.91 Å². The Labute approximate surface area is 197 Å². The van der Waals surface area contributed by atoms with Gasteiger partial charge in [0.15, 0.2) is 21.8 Å². The van der Waals surface area contributed by atoms with Gasteiger partial charge in [-0.15, -0.1) is 22.7 Å². The topological polar surface area (TPSA) is 116 Å². The number of thiazole rings is 2. The van der Waals surface area contributed by atoms with E-state index in [-0.39, 0.29) is 18.2 Å². The summed E-state index contributed by atoms with van der Waals surface area (Å²) in [6, 6.07) is 7.10. The van der Waals surface area contributed by atoms with Crippen LogP contribution in [0.3, 0.4) is 0 Å². The lowest BCUT2D eigenvalue weighted by Gasteiger charge is -2.08. The lowest BCUT2D eigenvalue weighted by atomic mass is 10.1. The van der Waals surface area contributed by atoms with Crippen molar-refractivity contribution in [3.63, 3.8) is 0 Å². The maximum atomic E-state index is 12.5. The van der Waals surface area contributed by atoms with E-state index in [1.807, 2.05) is 17.5 Å². The second-order valence-electron chi connectivity index (χ2n) is 6.82. The molecule has 1 aromatic carbocycles. The molecule has 4 aromatic rings. The van der Waals surface area contributed by atoms with Crippen LogP contribution in [0.4, 0.5) is 10.3 Å². The summed E-state index contributed by atoms with van der Waals surface area (Å²) >= 11 is 2.57. The van der Waals surface area contributed by atoms with Crippen LogP contribution in [-0.4, -0.2) is 36.0 Å². The molecule has 0 bridgehead atoms. The highest BCUT2D eigenvalue weighted by Crippen LogP contribution is 2.33. The third-order valence-electron chi connectivity index (χ3n) is 4.65. The van der Waals surface area contributed by atoms with E-state index in [0.29, 0.717) is 44.5 Å². The average molecular weight is 485 g/mol. The Morgan fingerprint density at radius 2 is 1.76 bits per heavy atom. The smallest absolute Gasteiger partial charge is 0.260 e. The largest absolute Gasteiger partial charge is 0.493 e. The Morgan fingerprint density at radius 1 is 1.00 bits per heavy atom. The van der Waals surface area contributed by atoms with Crippen molar-refractivity contribution in [2.24, 2.45) is 0 Å². The lowest BCUT2D eigenvalue weighted by molar-refractivity contribution is -0.115. The molecule has 33 heavy (non-hydrogen) atoms. The predicted octanol–water partition coefficient (Wildman–Crippen LogP) is 4.62. The van der Waals surface area contributed by atoms with Crippen molar-refractivity contribution in [3.8, 4) is 22.8 Å². The first-order valence-corrected chi connectivity index (χ1v) is 11.5. The number of methoxy groups -OCH3 is 2. The number of anilines is 2. The first kappa shape index (κ1) is 22.5. The van der Waals surface area contributed by atoms with E-state index in [0.717, 1.165) is 5.56 Å². The molecule has 0 aliphatic carbocycles. The predicted molar refractivity (Wildman–Crippen MR) is 126 cm³/mol. The van der Waals surface area contributed by atoms with Gasteiger partial charge in [0.05, 0.1) is 43.9 Å². The minimum absolute atomic E-state index is 0.0579. The van der Waals surface area contributed by atoms with Crippen molar-refractivity contribution >= 4 is 44.8 Å². The second kappa shape index (κ2) is 9.84. The maximum absolute atomic E-state index is 12.5. The van der Waals surface area contributed by atoms with Gasteiger partial charge in [-0.3, -0.25) is 14.9 Å². The van der Waals surface area contributed by atoms with Crippen molar-refractivity contribution in [1.29, 1.82) is 0 Å². The zero-order valence-electron chi connectivity index (χ0n) is 18.0. The molecule has 0 atom stereocenters. The van der Waals surface area contributed by atoms with Gasteiger partial charge in [0.1, 0.15) is 5.76 Å². The summed E-state index contributed by atoms with van der Waals surface area (Å²) in [5, 5.41) is 9.97. The maximum Gasteiger partial charge on any atom is 0.260 e. The highest BCUT2D eigenvalue weighted by atomic mass is 32.1. The van der Waals surface area contributed by atoms with Crippen molar-refractivity contribution in [2.75, 3.05) is 24.9 Å². The van der Waals surface area contributed by atoms with Crippen molar-refractivity contribution in [3.05, 3.63) is 58.3 Å². The van der Waals surface area contributed by atoms with Gasteiger partial charge in [-0.2, -0.15) is 0 Å². The van der Waals surface area contributed by atoms with E-state index in [1.165, 1.54) is 28.9 Å². The third kappa shape index (κ3) is 5.21. The molecule has 4 rings (SSSR count). The minimum Gasteiger partial charge on any atom is -0.493 e. The van der Waals surface area contributed by atoms with Crippen LogP contribution in [0, 0.1) is 6.92 Å². The number of hydrogen-bond acceptors (Lipinski definition) is 9. The summed E-state index contributed by atoms with van der Waals surface area (Å²) in [5.41, 5.74) is 2.55. The molecule has 170 valence electrons.